The lowest BCUT2D eigenvalue weighted by Gasteiger charge is -2.10. The predicted molar refractivity (Wildman–Crippen MR) is 94.0 cm³/mol. The average Bonchev–Trinajstić information content (AvgIpc) is 3.04. The molecule has 0 radical (unpaired) electrons. The van der Waals surface area contributed by atoms with E-state index in [4.69, 9.17) is 9.47 Å². The lowest BCUT2D eigenvalue weighted by molar-refractivity contribution is -0.121. The fraction of sp³-hybridized carbons (Fsp3) is 0.333. The molecule has 1 aromatic carbocycles. The highest BCUT2D eigenvalue weighted by molar-refractivity contribution is 7.14. The third-order valence-electron chi connectivity index (χ3n) is 3.53. The first-order valence-electron chi connectivity index (χ1n) is 7.60. The van der Waals surface area contributed by atoms with E-state index in [1.54, 1.807) is 20.3 Å². The number of hydrogen-bond acceptors (Lipinski definition) is 5. The molecule has 0 atom stereocenters. The van der Waals surface area contributed by atoms with Crippen LogP contribution >= 0.6 is 11.3 Å². The summed E-state index contributed by atoms with van der Waals surface area (Å²) in [5.41, 5.74) is 0.904. The molecule has 1 aromatic heterocycles. The topological polar surface area (TPSA) is 64.6 Å². The predicted octanol–water partition coefficient (Wildman–Crippen LogP) is 3.35. The van der Waals surface area contributed by atoms with E-state index in [9.17, 15) is 9.59 Å². The van der Waals surface area contributed by atoms with Crippen molar-refractivity contribution >= 4 is 23.0 Å². The van der Waals surface area contributed by atoms with Gasteiger partial charge in [0.1, 0.15) is 0 Å². The van der Waals surface area contributed by atoms with Gasteiger partial charge < -0.3 is 14.8 Å². The van der Waals surface area contributed by atoms with Crippen molar-refractivity contribution in [3.05, 3.63) is 45.6 Å². The van der Waals surface area contributed by atoms with E-state index < -0.39 is 0 Å². The molecule has 0 aliphatic rings. The van der Waals surface area contributed by atoms with Gasteiger partial charge in [-0.25, -0.2) is 0 Å². The molecular weight excluding hydrogens is 326 g/mol. The summed E-state index contributed by atoms with van der Waals surface area (Å²) in [5, 5.41) is 2.82. The van der Waals surface area contributed by atoms with Crippen molar-refractivity contribution in [2.45, 2.75) is 26.3 Å². The molecule has 0 fully saturated rings. The van der Waals surface area contributed by atoms with Crippen LogP contribution in [-0.4, -0.2) is 25.9 Å². The first-order chi connectivity index (χ1) is 11.5. The Kier molecular flexibility index (Phi) is 6.37. The van der Waals surface area contributed by atoms with E-state index in [0.717, 1.165) is 10.4 Å². The quantitative estimate of drug-likeness (QED) is 0.744. The van der Waals surface area contributed by atoms with Gasteiger partial charge in [-0.3, -0.25) is 9.59 Å². The summed E-state index contributed by atoms with van der Waals surface area (Å²) in [6.07, 6.45) is 0.404. The Morgan fingerprint density at radius 3 is 2.42 bits per heavy atom. The van der Waals surface area contributed by atoms with Gasteiger partial charge in [0.05, 0.1) is 19.1 Å². The first-order valence-corrected chi connectivity index (χ1v) is 8.42. The van der Waals surface area contributed by atoms with Crippen LogP contribution < -0.4 is 14.8 Å². The van der Waals surface area contributed by atoms with Crippen LogP contribution in [0, 0.1) is 6.92 Å². The van der Waals surface area contributed by atoms with Crippen LogP contribution in [0.2, 0.25) is 0 Å². The van der Waals surface area contributed by atoms with Crippen molar-refractivity contribution in [3.63, 3.8) is 0 Å². The highest BCUT2D eigenvalue weighted by Gasteiger charge is 2.11. The average molecular weight is 347 g/mol. The number of carbonyl (C=O) groups excluding carboxylic acids is 2. The number of thiophene rings is 1. The summed E-state index contributed by atoms with van der Waals surface area (Å²) in [7, 11) is 3.14. The van der Waals surface area contributed by atoms with Crippen LogP contribution in [0.1, 0.15) is 33.0 Å². The Morgan fingerprint density at radius 1 is 1.04 bits per heavy atom. The molecule has 0 unspecified atom stereocenters. The molecule has 0 saturated carbocycles. The lowest BCUT2D eigenvalue weighted by atomic mass is 10.1. The third kappa shape index (κ3) is 4.83. The Hall–Kier alpha value is -2.34. The van der Waals surface area contributed by atoms with Crippen molar-refractivity contribution < 1.29 is 19.1 Å². The summed E-state index contributed by atoms with van der Waals surface area (Å²) in [6, 6.07) is 9.20. The molecule has 1 N–H and O–H groups in total. The zero-order valence-corrected chi connectivity index (χ0v) is 14.9. The fourth-order valence-corrected chi connectivity index (χ4v) is 3.05. The van der Waals surface area contributed by atoms with Crippen molar-refractivity contribution in [2.75, 3.05) is 14.2 Å². The van der Waals surface area contributed by atoms with Gasteiger partial charge in [0.15, 0.2) is 17.3 Å². The van der Waals surface area contributed by atoms with E-state index >= 15 is 0 Å². The van der Waals surface area contributed by atoms with Crippen molar-refractivity contribution in [1.82, 2.24) is 5.32 Å². The molecule has 128 valence electrons. The van der Waals surface area contributed by atoms with Gasteiger partial charge in [-0.05, 0) is 36.8 Å². The summed E-state index contributed by atoms with van der Waals surface area (Å²) in [5.74, 6) is 1.12. The second kappa shape index (κ2) is 8.49. The number of carbonyl (C=O) groups is 2. The molecule has 0 bridgehead atoms. The van der Waals surface area contributed by atoms with Crippen LogP contribution in [0.5, 0.6) is 11.5 Å². The minimum absolute atomic E-state index is 0.00867. The number of ketones is 1. The van der Waals surface area contributed by atoms with E-state index in [0.29, 0.717) is 22.9 Å². The maximum atomic E-state index is 12.0. The van der Waals surface area contributed by atoms with E-state index in [1.165, 1.54) is 11.3 Å². The molecule has 2 rings (SSSR count). The molecule has 2 aromatic rings. The second-order valence-electron chi connectivity index (χ2n) is 5.30. The highest BCUT2D eigenvalue weighted by atomic mass is 32.1. The van der Waals surface area contributed by atoms with Gasteiger partial charge in [0.25, 0.3) is 0 Å². The van der Waals surface area contributed by atoms with E-state index in [2.05, 4.69) is 5.32 Å². The molecule has 5 nitrogen and oxygen atoms in total. The number of hydrogen-bond donors (Lipinski definition) is 1. The molecule has 0 spiro atoms. The zero-order chi connectivity index (χ0) is 17.5. The Morgan fingerprint density at radius 2 is 1.79 bits per heavy atom. The summed E-state index contributed by atoms with van der Waals surface area (Å²) in [6.45, 7) is 2.34. The number of Topliss-reactive ketones (excluding diaryl/α,β-unsaturated/α-hetero) is 1. The van der Waals surface area contributed by atoms with Gasteiger partial charge in [-0.1, -0.05) is 6.07 Å². The number of rotatable bonds is 8. The number of nitrogens with one attached hydrogen (secondary N) is 1. The molecule has 6 heteroatoms. The largest absolute Gasteiger partial charge is 0.493 e. The second-order valence-corrected chi connectivity index (χ2v) is 6.59. The summed E-state index contributed by atoms with van der Waals surface area (Å²) < 4.78 is 10.4. The van der Waals surface area contributed by atoms with E-state index in [-0.39, 0.29) is 24.5 Å². The maximum Gasteiger partial charge on any atom is 0.220 e. The van der Waals surface area contributed by atoms with Crippen molar-refractivity contribution in [2.24, 2.45) is 0 Å². The smallest absolute Gasteiger partial charge is 0.220 e. The molecule has 1 amide bonds. The van der Waals surface area contributed by atoms with Gasteiger partial charge >= 0.3 is 0 Å². The molecule has 0 saturated heterocycles. The minimum Gasteiger partial charge on any atom is -0.493 e. The van der Waals surface area contributed by atoms with Crippen LogP contribution in [-0.2, 0) is 11.3 Å². The number of methoxy groups -OCH3 is 2. The van der Waals surface area contributed by atoms with Gasteiger partial charge in [-0.2, -0.15) is 0 Å². The summed E-state index contributed by atoms with van der Waals surface area (Å²) >= 11 is 1.46. The van der Waals surface area contributed by atoms with Crippen molar-refractivity contribution in [1.29, 1.82) is 0 Å². The standard InChI is InChI=1S/C18H21NO4S/c1-12-4-8-17(24-12)14(20)6-9-18(21)19-11-13-5-7-15(22-2)16(10-13)23-3/h4-5,7-8,10H,6,9,11H2,1-3H3,(H,19,21). The summed E-state index contributed by atoms with van der Waals surface area (Å²) in [4.78, 5) is 25.7. The zero-order valence-electron chi connectivity index (χ0n) is 14.0. The van der Waals surface area contributed by atoms with Crippen LogP contribution in [0.25, 0.3) is 0 Å². The van der Waals surface area contributed by atoms with Gasteiger partial charge in [0, 0.05) is 24.3 Å². The lowest BCUT2D eigenvalue weighted by Crippen LogP contribution is -2.23. The van der Waals surface area contributed by atoms with Crippen LogP contribution in [0.15, 0.2) is 30.3 Å². The monoisotopic (exact) mass is 347 g/mol. The fourth-order valence-electron chi connectivity index (χ4n) is 2.21. The number of ether oxygens (including phenoxy) is 2. The molecule has 0 aliphatic carbocycles. The molecule has 0 aliphatic heterocycles. The molecule has 24 heavy (non-hydrogen) atoms. The van der Waals surface area contributed by atoms with E-state index in [1.807, 2.05) is 31.2 Å². The number of amides is 1. The van der Waals surface area contributed by atoms with Gasteiger partial charge in [-0.15, -0.1) is 11.3 Å². The first kappa shape index (κ1) is 18.0. The normalized spacial score (nSPS) is 10.3. The molecular formula is C18H21NO4S. The molecule has 1 heterocycles. The third-order valence-corrected chi connectivity index (χ3v) is 4.57. The Balaban J connectivity index is 1.82. The van der Waals surface area contributed by atoms with Crippen LogP contribution in [0.4, 0.5) is 0 Å². The maximum absolute atomic E-state index is 12.0. The highest BCUT2D eigenvalue weighted by Crippen LogP contribution is 2.27. The minimum atomic E-state index is -0.147. The SMILES string of the molecule is COc1ccc(CNC(=O)CCC(=O)c2ccc(C)s2)cc1OC. The van der Waals surface area contributed by atoms with Crippen molar-refractivity contribution in [3.8, 4) is 11.5 Å². The Labute approximate surface area is 145 Å². The number of aryl methyl sites for hydroxylation is 1. The Bertz CT molecular complexity index is 724. The van der Waals surface area contributed by atoms with Gasteiger partial charge in [0.2, 0.25) is 5.91 Å². The van der Waals surface area contributed by atoms with Crippen LogP contribution in [0.3, 0.4) is 0 Å². The number of benzene rings is 1.